The molecule has 140 valence electrons. The van der Waals surface area contributed by atoms with Crippen LogP contribution in [-0.4, -0.2) is 49.7 Å². The molecule has 1 heterocycles. The van der Waals surface area contributed by atoms with Gasteiger partial charge in [0.15, 0.2) is 5.41 Å². The number of carbonyl (C=O) groups is 1. The maximum Gasteiger partial charge on any atom is 0.404 e. The molecule has 2 N–H and O–H groups in total. The molecule has 1 aliphatic rings. The molecule has 0 radical (unpaired) electrons. The van der Waals surface area contributed by atoms with Crippen LogP contribution in [0.5, 0.6) is 0 Å². The number of hydrogen-bond donors (Lipinski definition) is 2. The normalized spacial score (nSPS) is 21.4. The Hall–Kier alpha value is -1.60. The molecule has 25 heavy (non-hydrogen) atoms. The van der Waals surface area contributed by atoms with Crippen LogP contribution in [0, 0.1) is 5.41 Å². The Morgan fingerprint density at radius 2 is 1.92 bits per heavy atom. The molecular formula is C18H26F3N3O. The van der Waals surface area contributed by atoms with Gasteiger partial charge in [0.1, 0.15) is 0 Å². The van der Waals surface area contributed by atoms with E-state index in [2.05, 4.69) is 10.6 Å². The molecule has 1 saturated heterocycles. The summed E-state index contributed by atoms with van der Waals surface area (Å²) in [5.74, 6) is -0.908. The number of likely N-dealkylation sites (tertiary alicyclic amines) is 1. The van der Waals surface area contributed by atoms with E-state index in [4.69, 9.17) is 0 Å². The zero-order valence-electron chi connectivity index (χ0n) is 14.5. The molecular weight excluding hydrogens is 331 g/mol. The predicted molar refractivity (Wildman–Crippen MR) is 91.0 cm³/mol. The third-order valence-electron chi connectivity index (χ3n) is 4.59. The Kier molecular flexibility index (Phi) is 6.84. The molecule has 4 nitrogen and oxygen atoms in total. The number of amides is 1. The molecule has 0 spiro atoms. The quantitative estimate of drug-likeness (QED) is 0.703. The molecule has 1 unspecified atom stereocenters. The van der Waals surface area contributed by atoms with Crippen LogP contribution in [0.4, 0.5) is 13.2 Å². The highest BCUT2D eigenvalue weighted by atomic mass is 19.4. The van der Waals surface area contributed by atoms with Gasteiger partial charge in [-0.05, 0) is 31.5 Å². The van der Waals surface area contributed by atoms with Crippen LogP contribution in [-0.2, 0) is 11.3 Å². The summed E-state index contributed by atoms with van der Waals surface area (Å²) in [6.45, 7) is 3.85. The minimum Gasteiger partial charge on any atom is -0.354 e. The maximum atomic E-state index is 13.7. The first-order valence-electron chi connectivity index (χ1n) is 8.71. The Balaban J connectivity index is 1.98. The van der Waals surface area contributed by atoms with E-state index in [9.17, 15) is 18.0 Å². The first-order chi connectivity index (χ1) is 11.9. The van der Waals surface area contributed by atoms with E-state index in [1.165, 1.54) is 0 Å². The fraction of sp³-hybridized carbons (Fsp3) is 0.611. The van der Waals surface area contributed by atoms with Crippen molar-refractivity contribution in [3.05, 3.63) is 35.9 Å². The number of nitrogens with one attached hydrogen (secondary N) is 2. The smallest absolute Gasteiger partial charge is 0.354 e. The van der Waals surface area contributed by atoms with Gasteiger partial charge >= 0.3 is 6.18 Å². The number of nitrogens with zero attached hydrogens (tertiary/aromatic N) is 1. The van der Waals surface area contributed by atoms with Crippen LogP contribution < -0.4 is 10.6 Å². The number of alkyl halides is 3. The van der Waals surface area contributed by atoms with Crippen molar-refractivity contribution in [1.29, 1.82) is 0 Å². The molecule has 1 aromatic rings. The number of rotatable bonds is 8. The van der Waals surface area contributed by atoms with Gasteiger partial charge in [0, 0.05) is 26.2 Å². The summed E-state index contributed by atoms with van der Waals surface area (Å²) in [5, 5.41) is 5.53. The highest BCUT2D eigenvalue weighted by Gasteiger charge is 2.62. The lowest BCUT2D eigenvalue weighted by Gasteiger charge is -2.30. The summed E-state index contributed by atoms with van der Waals surface area (Å²) >= 11 is 0. The third kappa shape index (κ3) is 4.95. The molecule has 1 atom stereocenters. The van der Waals surface area contributed by atoms with Crippen LogP contribution in [0.15, 0.2) is 30.3 Å². The van der Waals surface area contributed by atoms with Crippen molar-refractivity contribution in [1.82, 2.24) is 15.5 Å². The lowest BCUT2D eigenvalue weighted by molar-refractivity contribution is -0.218. The van der Waals surface area contributed by atoms with Gasteiger partial charge in [0.2, 0.25) is 5.91 Å². The van der Waals surface area contributed by atoms with Gasteiger partial charge in [-0.1, -0.05) is 37.3 Å². The van der Waals surface area contributed by atoms with E-state index in [0.717, 1.165) is 18.5 Å². The van der Waals surface area contributed by atoms with E-state index in [-0.39, 0.29) is 26.1 Å². The van der Waals surface area contributed by atoms with E-state index < -0.39 is 17.5 Å². The molecule has 7 heteroatoms. The molecule has 0 bridgehead atoms. The second-order valence-corrected chi connectivity index (χ2v) is 6.53. The largest absolute Gasteiger partial charge is 0.404 e. The average molecular weight is 357 g/mol. The highest BCUT2D eigenvalue weighted by molar-refractivity contribution is 5.84. The van der Waals surface area contributed by atoms with Gasteiger partial charge in [0.05, 0.1) is 0 Å². The van der Waals surface area contributed by atoms with Crippen molar-refractivity contribution in [3.63, 3.8) is 0 Å². The first-order valence-corrected chi connectivity index (χ1v) is 8.71. The zero-order valence-corrected chi connectivity index (χ0v) is 14.5. The van der Waals surface area contributed by atoms with E-state index in [0.29, 0.717) is 13.1 Å². The number of carbonyl (C=O) groups excluding carboxylic acids is 1. The van der Waals surface area contributed by atoms with Crippen molar-refractivity contribution in [2.24, 2.45) is 5.41 Å². The SMILES string of the molecule is CCCNCCNC(=O)C1(C(F)(F)F)CCN(Cc2ccccc2)C1. The number of benzene rings is 1. The Morgan fingerprint density at radius 1 is 1.20 bits per heavy atom. The first kappa shape index (κ1) is 19.7. The average Bonchev–Trinajstić information content (AvgIpc) is 3.00. The topological polar surface area (TPSA) is 44.4 Å². The molecule has 0 saturated carbocycles. The van der Waals surface area contributed by atoms with Gasteiger partial charge in [-0.3, -0.25) is 9.69 Å². The Labute approximate surface area is 146 Å². The van der Waals surface area contributed by atoms with Gasteiger partial charge in [0.25, 0.3) is 0 Å². The van der Waals surface area contributed by atoms with Crippen LogP contribution in [0.3, 0.4) is 0 Å². The molecule has 1 amide bonds. The van der Waals surface area contributed by atoms with E-state index >= 15 is 0 Å². The van der Waals surface area contributed by atoms with Crippen molar-refractivity contribution in [3.8, 4) is 0 Å². The zero-order chi connectivity index (χ0) is 18.3. The molecule has 2 rings (SSSR count). The molecule has 1 aromatic carbocycles. The fourth-order valence-corrected chi connectivity index (χ4v) is 3.15. The second kappa shape index (κ2) is 8.67. The highest BCUT2D eigenvalue weighted by Crippen LogP contribution is 2.46. The van der Waals surface area contributed by atoms with E-state index in [1.54, 1.807) is 4.90 Å². The van der Waals surface area contributed by atoms with Crippen LogP contribution >= 0.6 is 0 Å². The van der Waals surface area contributed by atoms with E-state index in [1.807, 2.05) is 37.3 Å². The van der Waals surface area contributed by atoms with Crippen LogP contribution in [0.1, 0.15) is 25.3 Å². The lowest BCUT2D eigenvalue weighted by atomic mass is 9.85. The monoisotopic (exact) mass is 357 g/mol. The van der Waals surface area contributed by atoms with Gasteiger partial charge < -0.3 is 10.6 Å². The lowest BCUT2D eigenvalue weighted by Crippen LogP contribution is -2.53. The number of hydrogen-bond acceptors (Lipinski definition) is 3. The maximum absolute atomic E-state index is 13.7. The van der Waals surface area contributed by atoms with Gasteiger partial charge in [-0.15, -0.1) is 0 Å². The Bertz CT molecular complexity index is 550. The minimum absolute atomic E-state index is 0.197. The summed E-state index contributed by atoms with van der Waals surface area (Å²) in [7, 11) is 0. The van der Waals surface area contributed by atoms with Crippen molar-refractivity contribution in [2.45, 2.75) is 32.5 Å². The van der Waals surface area contributed by atoms with Crippen LogP contribution in [0.25, 0.3) is 0 Å². The molecule has 0 aliphatic carbocycles. The predicted octanol–water partition coefficient (Wildman–Crippen LogP) is 2.56. The summed E-state index contributed by atoms with van der Waals surface area (Å²) in [4.78, 5) is 14.1. The molecule has 1 aliphatic heterocycles. The fourth-order valence-electron chi connectivity index (χ4n) is 3.15. The summed E-state index contributed by atoms with van der Waals surface area (Å²) < 4.78 is 41.1. The molecule has 1 fully saturated rings. The summed E-state index contributed by atoms with van der Waals surface area (Å²) in [5.41, 5.74) is -1.36. The Morgan fingerprint density at radius 3 is 2.56 bits per heavy atom. The standard InChI is InChI=1S/C18H26F3N3O/c1-2-9-22-10-11-23-16(25)17(18(19,20)21)8-12-24(14-17)13-15-6-4-3-5-7-15/h3-7,22H,2,8-14H2,1H3,(H,23,25). The van der Waals surface area contributed by atoms with Crippen molar-refractivity contribution >= 4 is 5.91 Å². The third-order valence-corrected chi connectivity index (χ3v) is 4.59. The van der Waals surface area contributed by atoms with Crippen molar-refractivity contribution < 1.29 is 18.0 Å². The van der Waals surface area contributed by atoms with Gasteiger partial charge in [-0.2, -0.15) is 13.2 Å². The van der Waals surface area contributed by atoms with Crippen molar-refractivity contribution in [2.75, 3.05) is 32.7 Å². The minimum atomic E-state index is -4.56. The second-order valence-electron chi connectivity index (χ2n) is 6.53. The summed E-state index contributed by atoms with van der Waals surface area (Å²) in [6.07, 6.45) is -3.81. The van der Waals surface area contributed by atoms with Gasteiger partial charge in [-0.25, -0.2) is 0 Å². The summed E-state index contributed by atoms with van der Waals surface area (Å²) in [6, 6.07) is 9.35. The van der Waals surface area contributed by atoms with Crippen LogP contribution in [0.2, 0.25) is 0 Å². The number of halogens is 3. The molecule has 0 aromatic heterocycles.